The van der Waals surface area contributed by atoms with E-state index < -0.39 is 17.9 Å². The predicted molar refractivity (Wildman–Crippen MR) is 69.7 cm³/mol. The number of hydrogen-bond acceptors (Lipinski definition) is 2. The number of amides is 1. The highest BCUT2D eigenvalue weighted by Gasteiger charge is 2.22. The lowest BCUT2D eigenvalue weighted by Crippen LogP contribution is -2.42. The Labute approximate surface area is 111 Å². The van der Waals surface area contributed by atoms with Gasteiger partial charge in [0, 0.05) is 5.02 Å². The van der Waals surface area contributed by atoms with Crippen LogP contribution >= 0.6 is 11.6 Å². The predicted octanol–water partition coefficient (Wildman–Crippen LogP) is 2.42. The second-order valence-corrected chi connectivity index (χ2v) is 4.52. The van der Waals surface area contributed by atoms with E-state index in [1.165, 1.54) is 0 Å². The van der Waals surface area contributed by atoms with Gasteiger partial charge in [-0.2, -0.15) is 0 Å². The molecule has 0 saturated heterocycles. The quantitative estimate of drug-likeness (QED) is 0.863. The molecule has 0 aliphatic rings. The summed E-state index contributed by atoms with van der Waals surface area (Å²) >= 11 is 5.85. The Balaban J connectivity index is 2.75. The first-order valence-corrected chi connectivity index (χ1v) is 6.12. The normalized spacial score (nSPS) is 13.7. The summed E-state index contributed by atoms with van der Waals surface area (Å²) in [5, 5.41) is 11.9. The summed E-state index contributed by atoms with van der Waals surface area (Å²) in [5.74, 6) is -1.77. The molecular weight excluding hydrogens is 254 g/mol. The molecule has 1 aromatic carbocycles. The molecule has 0 spiro atoms. The number of aliphatic carboxylic acids is 1. The fourth-order valence-corrected chi connectivity index (χ4v) is 1.76. The van der Waals surface area contributed by atoms with Crippen molar-refractivity contribution in [3.05, 3.63) is 34.9 Å². The van der Waals surface area contributed by atoms with Crippen molar-refractivity contribution >= 4 is 23.5 Å². The van der Waals surface area contributed by atoms with Gasteiger partial charge in [-0.25, -0.2) is 4.79 Å². The molecule has 0 aliphatic carbocycles. The minimum atomic E-state index is -1.02. The molecule has 98 valence electrons. The number of carbonyl (C=O) groups is 2. The summed E-state index contributed by atoms with van der Waals surface area (Å²) in [6.07, 6.45) is 0.351. The van der Waals surface area contributed by atoms with E-state index in [9.17, 15) is 9.59 Å². The average molecular weight is 270 g/mol. The number of carboxylic acids is 1. The summed E-state index contributed by atoms with van der Waals surface area (Å²) < 4.78 is 0. The van der Waals surface area contributed by atoms with Gasteiger partial charge in [-0.15, -0.1) is 0 Å². The molecule has 0 bridgehead atoms. The van der Waals surface area contributed by atoms with E-state index >= 15 is 0 Å². The third kappa shape index (κ3) is 3.74. The Kier molecular flexibility index (Phi) is 5.16. The molecule has 2 atom stereocenters. The maximum absolute atomic E-state index is 11.9. The van der Waals surface area contributed by atoms with Crippen LogP contribution in [0.4, 0.5) is 0 Å². The summed E-state index contributed by atoms with van der Waals surface area (Å²) in [6.45, 7) is 3.43. The molecule has 0 aromatic heterocycles. The van der Waals surface area contributed by atoms with E-state index in [0.717, 1.165) is 5.56 Å². The number of halogens is 1. The van der Waals surface area contributed by atoms with Crippen LogP contribution in [0.15, 0.2) is 24.3 Å². The first-order valence-electron chi connectivity index (χ1n) is 5.74. The van der Waals surface area contributed by atoms with Crippen LogP contribution in [0.25, 0.3) is 0 Å². The highest BCUT2D eigenvalue weighted by atomic mass is 35.5. The lowest BCUT2D eigenvalue weighted by molar-refractivity contribution is -0.142. The second kappa shape index (κ2) is 6.40. The highest BCUT2D eigenvalue weighted by molar-refractivity contribution is 6.30. The molecule has 2 N–H and O–H groups in total. The smallest absolute Gasteiger partial charge is 0.326 e. The number of carboxylic acid groups (broad SMARTS) is 1. The number of rotatable bonds is 5. The second-order valence-electron chi connectivity index (χ2n) is 4.08. The van der Waals surface area contributed by atoms with Gasteiger partial charge in [0.1, 0.15) is 6.04 Å². The minimum Gasteiger partial charge on any atom is -0.480 e. The zero-order valence-corrected chi connectivity index (χ0v) is 11.1. The maximum atomic E-state index is 11.9. The van der Waals surface area contributed by atoms with Crippen LogP contribution in [0, 0.1) is 0 Å². The molecule has 2 unspecified atom stereocenters. The first-order chi connectivity index (χ1) is 8.45. The number of carbonyl (C=O) groups excluding carboxylic acids is 1. The van der Waals surface area contributed by atoms with E-state index in [-0.39, 0.29) is 5.91 Å². The van der Waals surface area contributed by atoms with E-state index in [4.69, 9.17) is 16.7 Å². The Hall–Kier alpha value is -1.55. The van der Waals surface area contributed by atoms with Gasteiger partial charge in [-0.1, -0.05) is 30.7 Å². The summed E-state index contributed by atoms with van der Waals surface area (Å²) in [6, 6.07) is 6.13. The third-order valence-corrected chi connectivity index (χ3v) is 3.00. The Morgan fingerprint density at radius 1 is 1.44 bits per heavy atom. The molecule has 1 rings (SSSR count). The fourth-order valence-electron chi connectivity index (χ4n) is 1.56. The van der Waals surface area contributed by atoms with E-state index in [1.54, 1.807) is 38.1 Å². The van der Waals surface area contributed by atoms with Crippen LogP contribution in [-0.4, -0.2) is 23.0 Å². The number of nitrogens with one attached hydrogen (secondary N) is 1. The SMILES string of the molecule is CCC(NC(=O)C(C)c1cccc(Cl)c1)C(=O)O. The van der Waals surface area contributed by atoms with Gasteiger partial charge in [0.15, 0.2) is 0 Å². The Bertz CT molecular complexity index is 448. The Morgan fingerprint density at radius 3 is 2.61 bits per heavy atom. The molecule has 0 aliphatic heterocycles. The molecule has 0 fully saturated rings. The summed E-state index contributed by atoms with van der Waals surface area (Å²) in [5.41, 5.74) is 0.764. The van der Waals surface area contributed by atoms with Gasteiger partial charge in [-0.05, 0) is 31.0 Å². The third-order valence-electron chi connectivity index (χ3n) is 2.76. The molecule has 1 amide bonds. The molecule has 1 aromatic rings. The van der Waals surface area contributed by atoms with Crippen molar-refractivity contribution in [1.29, 1.82) is 0 Å². The largest absolute Gasteiger partial charge is 0.480 e. The van der Waals surface area contributed by atoms with Gasteiger partial charge in [0.2, 0.25) is 5.91 Å². The summed E-state index contributed by atoms with van der Waals surface area (Å²) in [7, 11) is 0. The van der Waals surface area contributed by atoms with E-state index in [1.807, 2.05) is 0 Å². The number of hydrogen-bond donors (Lipinski definition) is 2. The molecule has 0 radical (unpaired) electrons. The van der Waals surface area contributed by atoms with Crippen molar-refractivity contribution in [1.82, 2.24) is 5.32 Å². The zero-order chi connectivity index (χ0) is 13.7. The van der Waals surface area contributed by atoms with Crippen LogP contribution in [0.1, 0.15) is 31.7 Å². The van der Waals surface area contributed by atoms with Gasteiger partial charge in [0.25, 0.3) is 0 Å². The van der Waals surface area contributed by atoms with E-state index in [0.29, 0.717) is 11.4 Å². The molecule has 0 heterocycles. The van der Waals surface area contributed by atoms with Crippen molar-refractivity contribution in [3.63, 3.8) is 0 Å². The lowest BCUT2D eigenvalue weighted by atomic mass is 10.00. The lowest BCUT2D eigenvalue weighted by Gasteiger charge is -2.17. The van der Waals surface area contributed by atoms with Crippen molar-refractivity contribution < 1.29 is 14.7 Å². The maximum Gasteiger partial charge on any atom is 0.326 e. The van der Waals surface area contributed by atoms with Crippen molar-refractivity contribution in [3.8, 4) is 0 Å². The molecule has 5 heteroatoms. The van der Waals surface area contributed by atoms with Crippen molar-refractivity contribution in [2.24, 2.45) is 0 Å². The first kappa shape index (κ1) is 14.5. The monoisotopic (exact) mass is 269 g/mol. The molecule has 4 nitrogen and oxygen atoms in total. The van der Waals surface area contributed by atoms with Crippen LogP contribution < -0.4 is 5.32 Å². The highest BCUT2D eigenvalue weighted by Crippen LogP contribution is 2.19. The topological polar surface area (TPSA) is 66.4 Å². The summed E-state index contributed by atoms with van der Waals surface area (Å²) in [4.78, 5) is 22.8. The van der Waals surface area contributed by atoms with Gasteiger partial charge >= 0.3 is 5.97 Å². The fraction of sp³-hybridized carbons (Fsp3) is 0.385. The minimum absolute atomic E-state index is 0.313. The molecule has 0 saturated carbocycles. The van der Waals surface area contributed by atoms with Gasteiger partial charge < -0.3 is 10.4 Å². The van der Waals surface area contributed by atoms with Crippen LogP contribution in [0.2, 0.25) is 5.02 Å². The van der Waals surface area contributed by atoms with Gasteiger partial charge in [-0.3, -0.25) is 4.79 Å². The van der Waals surface area contributed by atoms with Gasteiger partial charge in [0.05, 0.1) is 5.92 Å². The molecular formula is C13H16ClNO3. The standard InChI is InChI=1S/C13H16ClNO3/c1-3-11(13(17)18)15-12(16)8(2)9-5-4-6-10(14)7-9/h4-8,11H,3H2,1-2H3,(H,15,16)(H,17,18). The van der Waals surface area contributed by atoms with Crippen molar-refractivity contribution in [2.45, 2.75) is 32.2 Å². The van der Waals surface area contributed by atoms with Crippen LogP contribution in [0.3, 0.4) is 0 Å². The van der Waals surface area contributed by atoms with Crippen LogP contribution in [0.5, 0.6) is 0 Å². The van der Waals surface area contributed by atoms with Crippen molar-refractivity contribution in [2.75, 3.05) is 0 Å². The van der Waals surface area contributed by atoms with E-state index in [2.05, 4.69) is 5.32 Å². The Morgan fingerprint density at radius 2 is 2.11 bits per heavy atom. The zero-order valence-electron chi connectivity index (χ0n) is 10.3. The number of benzene rings is 1. The van der Waals surface area contributed by atoms with Crippen LogP contribution in [-0.2, 0) is 9.59 Å². The average Bonchev–Trinajstić information content (AvgIpc) is 2.34. The molecule has 18 heavy (non-hydrogen) atoms.